The highest BCUT2D eigenvalue weighted by Gasteiger charge is 2.29. The number of amides is 1. The summed E-state index contributed by atoms with van der Waals surface area (Å²) in [5.74, 6) is -0.169. The Balaban J connectivity index is 2.03. The third-order valence-electron chi connectivity index (χ3n) is 3.96. The van der Waals surface area contributed by atoms with Gasteiger partial charge in [-0.1, -0.05) is 35.7 Å². The van der Waals surface area contributed by atoms with Crippen molar-refractivity contribution in [3.63, 3.8) is 0 Å². The summed E-state index contributed by atoms with van der Waals surface area (Å²) in [4.78, 5) is 14.3. The van der Waals surface area contributed by atoms with Crippen molar-refractivity contribution in [3.05, 3.63) is 28.2 Å². The Bertz CT molecular complexity index is 490. The lowest BCUT2D eigenvalue weighted by Gasteiger charge is -2.39. The van der Waals surface area contributed by atoms with Crippen molar-refractivity contribution < 1.29 is 9.90 Å². The Hall–Kier alpha value is -0.810. The molecule has 0 aromatic heterocycles. The van der Waals surface area contributed by atoms with Crippen LogP contribution in [-0.4, -0.2) is 41.1 Å². The van der Waals surface area contributed by atoms with Crippen molar-refractivity contribution in [3.8, 4) is 0 Å². The Kier molecular flexibility index (Phi) is 5.88. The molecule has 1 aromatic carbocycles. The summed E-state index contributed by atoms with van der Waals surface area (Å²) in [6.07, 6.45) is 3.04. The number of anilines is 1. The van der Waals surface area contributed by atoms with E-state index >= 15 is 0 Å². The third kappa shape index (κ3) is 4.10. The summed E-state index contributed by atoms with van der Waals surface area (Å²) in [6, 6.07) is 5.42. The number of aliphatic hydroxyl groups is 1. The summed E-state index contributed by atoms with van der Waals surface area (Å²) in [6.45, 7) is 2.38. The summed E-state index contributed by atoms with van der Waals surface area (Å²) in [7, 11) is 0. The molecule has 1 fully saturated rings. The topological polar surface area (TPSA) is 52.6 Å². The average molecular weight is 331 g/mol. The number of nitrogens with zero attached hydrogens (tertiary/aromatic N) is 1. The number of hydrogen-bond acceptors (Lipinski definition) is 3. The fourth-order valence-electron chi connectivity index (χ4n) is 2.78. The van der Waals surface area contributed by atoms with Gasteiger partial charge in [-0.2, -0.15) is 0 Å². The minimum atomic E-state index is -0.169. The molecule has 2 rings (SSSR count). The third-order valence-corrected chi connectivity index (χ3v) is 4.59. The minimum absolute atomic E-state index is 0.0428. The van der Waals surface area contributed by atoms with E-state index in [1.54, 1.807) is 18.2 Å². The predicted octanol–water partition coefficient (Wildman–Crippen LogP) is 3.17. The molecule has 2 N–H and O–H groups in total. The number of nitrogens with one attached hydrogen (secondary N) is 1. The van der Waals surface area contributed by atoms with Crippen molar-refractivity contribution in [2.24, 2.45) is 0 Å². The number of para-hydroxylation sites is 1. The van der Waals surface area contributed by atoms with Crippen LogP contribution in [0.1, 0.15) is 26.2 Å². The maximum absolute atomic E-state index is 12.2. The SMILES string of the molecule is CC1CCCC(CO)N1CC(=O)Nc1c(Cl)cccc1Cl. The number of piperidine rings is 1. The van der Waals surface area contributed by atoms with Gasteiger partial charge in [0.2, 0.25) is 5.91 Å². The zero-order valence-electron chi connectivity index (χ0n) is 12.0. The maximum atomic E-state index is 12.2. The molecule has 1 aliphatic heterocycles. The van der Waals surface area contributed by atoms with Gasteiger partial charge in [-0.15, -0.1) is 0 Å². The molecule has 4 nitrogen and oxygen atoms in total. The number of carbonyl (C=O) groups excluding carboxylic acids is 1. The monoisotopic (exact) mass is 330 g/mol. The summed E-state index contributed by atoms with van der Waals surface area (Å²) < 4.78 is 0. The van der Waals surface area contributed by atoms with Gasteiger partial charge >= 0.3 is 0 Å². The van der Waals surface area contributed by atoms with Crippen molar-refractivity contribution in [2.45, 2.75) is 38.3 Å². The number of carbonyl (C=O) groups is 1. The van der Waals surface area contributed by atoms with E-state index in [0.717, 1.165) is 19.3 Å². The number of benzene rings is 1. The first-order valence-electron chi connectivity index (χ1n) is 7.13. The molecule has 6 heteroatoms. The lowest BCUT2D eigenvalue weighted by atomic mass is 9.97. The first kappa shape index (κ1) is 16.6. The Morgan fingerprint density at radius 3 is 2.67 bits per heavy atom. The van der Waals surface area contributed by atoms with Crippen LogP contribution in [0.25, 0.3) is 0 Å². The molecule has 2 atom stereocenters. The largest absolute Gasteiger partial charge is 0.395 e. The van der Waals surface area contributed by atoms with Gasteiger partial charge in [0.15, 0.2) is 0 Å². The van der Waals surface area contributed by atoms with E-state index < -0.39 is 0 Å². The normalized spacial score (nSPS) is 23.0. The smallest absolute Gasteiger partial charge is 0.238 e. The van der Waals surface area contributed by atoms with Crippen LogP contribution in [0.15, 0.2) is 18.2 Å². The zero-order valence-corrected chi connectivity index (χ0v) is 13.5. The standard InChI is InChI=1S/C15H20Cl2N2O2/c1-10-4-2-5-11(9-20)19(10)8-14(21)18-15-12(16)6-3-7-13(15)17/h3,6-7,10-11,20H,2,4-5,8-9H2,1H3,(H,18,21). The van der Waals surface area contributed by atoms with Gasteiger partial charge in [-0.3, -0.25) is 9.69 Å². The molecule has 2 unspecified atom stereocenters. The van der Waals surface area contributed by atoms with E-state index in [4.69, 9.17) is 23.2 Å². The molecule has 1 aromatic rings. The van der Waals surface area contributed by atoms with Gasteiger partial charge < -0.3 is 10.4 Å². The molecule has 1 aliphatic rings. The number of halogens is 2. The molecular formula is C15H20Cl2N2O2. The quantitative estimate of drug-likeness (QED) is 0.891. The van der Waals surface area contributed by atoms with Gasteiger partial charge in [0, 0.05) is 12.1 Å². The van der Waals surface area contributed by atoms with E-state index in [1.165, 1.54) is 0 Å². The molecule has 1 amide bonds. The fraction of sp³-hybridized carbons (Fsp3) is 0.533. The van der Waals surface area contributed by atoms with Crippen LogP contribution < -0.4 is 5.32 Å². The lowest BCUT2D eigenvalue weighted by Crippen LogP contribution is -2.50. The van der Waals surface area contributed by atoms with Gasteiger partial charge in [-0.05, 0) is 31.9 Å². The number of likely N-dealkylation sites (tertiary alicyclic amines) is 1. The first-order chi connectivity index (χ1) is 10.0. The van der Waals surface area contributed by atoms with Crippen LogP contribution in [-0.2, 0) is 4.79 Å². The van der Waals surface area contributed by atoms with Crippen LogP contribution >= 0.6 is 23.2 Å². The predicted molar refractivity (Wildman–Crippen MR) is 86.0 cm³/mol. The van der Waals surface area contributed by atoms with E-state index in [9.17, 15) is 9.90 Å². The van der Waals surface area contributed by atoms with Crippen molar-refractivity contribution in [1.29, 1.82) is 0 Å². The molecule has 0 aliphatic carbocycles. The summed E-state index contributed by atoms with van der Waals surface area (Å²) in [5, 5.41) is 13.1. The average Bonchev–Trinajstić information content (AvgIpc) is 2.45. The number of hydrogen-bond donors (Lipinski definition) is 2. The second-order valence-corrected chi connectivity index (χ2v) is 6.25. The lowest BCUT2D eigenvalue weighted by molar-refractivity contribution is -0.119. The molecule has 0 spiro atoms. The summed E-state index contributed by atoms with van der Waals surface area (Å²) in [5.41, 5.74) is 0.441. The fourth-order valence-corrected chi connectivity index (χ4v) is 3.28. The van der Waals surface area contributed by atoms with Crippen LogP contribution in [0.4, 0.5) is 5.69 Å². The molecule has 116 valence electrons. The van der Waals surface area contributed by atoms with Gasteiger partial charge in [-0.25, -0.2) is 0 Å². The van der Waals surface area contributed by atoms with Gasteiger partial charge in [0.05, 0.1) is 28.9 Å². The number of aliphatic hydroxyl groups excluding tert-OH is 1. The van der Waals surface area contributed by atoms with Crippen LogP contribution in [0.2, 0.25) is 10.0 Å². The molecule has 1 heterocycles. The number of rotatable bonds is 4. The minimum Gasteiger partial charge on any atom is -0.395 e. The molecule has 0 bridgehead atoms. The Morgan fingerprint density at radius 1 is 1.38 bits per heavy atom. The van der Waals surface area contributed by atoms with Crippen molar-refractivity contribution in [1.82, 2.24) is 4.90 Å². The van der Waals surface area contributed by atoms with E-state index in [1.807, 2.05) is 4.90 Å². The van der Waals surface area contributed by atoms with Crippen LogP contribution in [0.5, 0.6) is 0 Å². The highest BCUT2D eigenvalue weighted by Crippen LogP contribution is 2.30. The van der Waals surface area contributed by atoms with E-state index in [-0.39, 0.29) is 31.1 Å². The highest BCUT2D eigenvalue weighted by molar-refractivity contribution is 6.39. The van der Waals surface area contributed by atoms with Crippen LogP contribution in [0.3, 0.4) is 0 Å². The molecule has 0 saturated carbocycles. The first-order valence-corrected chi connectivity index (χ1v) is 7.89. The molecular weight excluding hydrogens is 311 g/mol. The highest BCUT2D eigenvalue weighted by atomic mass is 35.5. The molecule has 1 saturated heterocycles. The summed E-state index contributed by atoms with van der Waals surface area (Å²) >= 11 is 12.1. The second-order valence-electron chi connectivity index (χ2n) is 5.43. The zero-order chi connectivity index (χ0) is 15.4. The Labute approximate surface area is 135 Å². The van der Waals surface area contributed by atoms with Gasteiger partial charge in [0.25, 0.3) is 0 Å². The Morgan fingerprint density at radius 2 is 2.05 bits per heavy atom. The van der Waals surface area contributed by atoms with Gasteiger partial charge in [0.1, 0.15) is 0 Å². The molecule has 21 heavy (non-hydrogen) atoms. The van der Waals surface area contributed by atoms with E-state index in [2.05, 4.69) is 12.2 Å². The van der Waals surface area contributed by atoms with Crippen LogP contribution in [0, 0.1) is 0 Å². The van der Waals surface area contributed by atoms with Crippen molar-refractivity contribution in [2.75, 3.05) is 18.5 Å². The second kappa shape index (κ2) is 7.45. The molecule has 0 radical (unpaired) electrons. The maximum Gasteiger partial charge on any atom is 0.238 e. The van der Waals surface area contributed by atoms with E-state index in [0.29, 0.717) is 15.7 Å². The van der Waals surface area contributed by atoms with Crippen molar-refractivity contribution >= 4 is 34.8 Å².